The zero-order valence-corrected chi connectivity index (χ0v) is 9.65. The van der Waals surface area contributed by atoms with Gasteiger partial charge in [-0.1, -0.05) is 0 Å². The maximum Gasteiger partial charge on any atom is 0.0971 e. The fourth-order valence-electron chi connectivity index (χ4n) is 3.57. The van der Waals surface area contributed by atoms with Gasteiger partial charge in [-0.3, -0.25) is 0 Å². The lowest BCUT2D eigenvalue weighted by Crippen LogP contribution is -2.49. The van der Waals surface area contributed by atoms with Gasteiger partial charge in [0.05, 0.1) is 23.9 Å². The van der Waals surface area contributed by atoms with Crippen LogP contribution < -0.4 is 0 Å². The fourth-order valence-corrected chi connectivity index (χ4v) is 3.57. The van der Waals surface area contributed by atoms with Crippen LogP contribution in [0.4, 0.5) is 0 Å². The van der Waals surface area contributed by atoms with Crippen LogP contribution in [0.3, 0.4) is 0 Å². The van der Waals surface area contributed by atoms with Crippen molar-refractivity contribution in [3.05, 3.63) is 0 Å². The van der Waals surface area contributed by atoms with Crippen LogP contribution in [0, 0.1) is 0 Å². The van der Waals surface area contributed by atoms with Crippen molar-refractivity contribution in [2.45, 2.75) is 68.9 Å². The minimum absolute atomic E-state index is 0. The lowest BCUT2D eigenvalue weighted by Gasteiger charge is -2.42. The first-order chi connectivity index (χ1) is 7.32. The maximum absolute atomic E-state index is 8.97. The van der Waals surface area contributed by atoms with E-state index in [1.54, 1.807) is 0 Å². The normalized spacial score (nSPS) is 45.9. The Bertz CT molecular complexity index is 251. The summed E-state index contributed by atoms with van der Waals surface area (Å²) in [5.41, 5.74) is 0.0288. The van der Waals surface area contributed by atoms with Gasteiger partial charge in [0, 0.05) is 14.5 Å². The zero-order valence-electron chi connectivity index (χ0n) is 9.65. The molecule has 3 aliphatic rings. The van der Waals surface area contributed by atoms with Crippen LogP contribution in [0.1, 0.15) is 46.4 Å². The molecule has 1 aliphatic carbocycles. The summed E-state index contributed by atoms with van der Waals surface area (Å²) in [5, 5.41) is 8.97. The molecule has 3 rings (SSSR count). The van der Waals surface area contributed by atoms with Crippen molar-refractivity contribution in [1.29, 1.82) is 0 Å². The highest BCUT2D eigenvalue weighted by molar-refractivity contribution is 5.03. The Kier molecular flexibility index (Phi) is 3.54. The molecule has 4 atom stereocenters. The average Bonchev–Trinajstić information content (AvgIpc) is 2.48. The van der Waals surface area contributed by atoms with Gasteiger partial charge in [-0.15, -0.1) is 0 Å². The number of aliphatic hydroxyl groups excluding tert-OH is 1. The van der Waals surface area contributed by atoms with E-state index in [0.717, 1.165) is 32.1 Å². The molecule has 2 heterocycles. The number of rotatable bonds is 2. The van der Waals surface area contributed by atoms with E-state index in [4.69, 9.17) is 14.6 Å². The van der Waals surface area contributed by atoms with E-state index in [1.165, 1.54) is 12.8 Å². The first kappa shape index (κ1) is 12.3. The molecule has 0 aromatic rings. The molecule has 96 valence electrons. The highest BCUT2D eigenvalue weighted by Gasteiger charge is 2.54. The standard InChI is InChI=1S/C12H20O3.H2O.H2/c13-7-5-9-3-4-11-12(15-9)6-1-2-10(8-12)14-11;;/h9-11,13H,1-8H2;1H2;1H/t9?,10-,11-,12?;;/m0../s1. The van der Waals surface area contributed by atoms with Crippen molar-refractivity contribution in [2.75, 3.05) is 6.61 Å². The maximum atomic E-state index is 8.97. The minimum atomic E-state index is 0. The van der Waals surface area contributed by atoms with E-state index < -0.39 is 0 Å². The third kappa shape index (κ3) is 1.88. The molecule has 2 unspecified atom stereocenters. The van der Waals surface area contributed by atoms with Gasteiger partial charge in [0.25, 0.3) is 0 Å². The first-order valence-corrected chi connectivity index (χ1v) is 6.26. The third-order valence-electron chi connectivity index (χ3n) is 4.25. The van der Waals surface area contributed by atoms with Gasteiger partial charge < -0.3 is 20.1 Å². The molecule has 16 heavy (non-hydrogen) atoms. The summed E-state index contributed by atoms with van der Waals surface area (Å²) >= 11 is 0. The van der Waals surface area contributed by atoms with Gasteiger partial charge in [-0.25, -0.2) is 0 Å². The molecule has 0 aromatic carbocycles. The quantitative estimate of drug-likeness (QED) is 0.773. The van der Waals surface area contributed by atoms with Crippen molar-refractivity contribution >= 4 is 0 Å². The van der Waals surface area contributed by atoms with Gasteiger partial charge >= 0.3 is 0 Å². The molecule has 0 aromatic heterocycles. The SMILES string of the molecule is O.OCCC1CC[C@@H]2O[C@H]3CCCC2(C3)O1.[HH]. The summed E-state index contributed by atoms with van der Waals surface area (Å²) in [6.45, 7) is 0.246. The second-order valence-electron chi connectivity index (χ2n) is 5.24. The summed E-state index contributed by atoms with van der Waals surface area (Å²) in [6.07, 6.45) is 8.76. The van der Waals surface area contributed by atoms with Crippen LogP contribution in [-0.4, -0.2) is 41.1 Å². The molecule has 2 aliphatic heterocycles. The predicted octanol–water partition coefficient (Wildman–Crippen LogP) is 1.05. The fraction of sp³-hybridized carbons (Fsp3) is 1.00. The number of hydrogen-bond acceptors (Lipinski definition) is 3. The van der Waals surface area contributed by atoms with E-state index in [2.05, 4.69) is 0 Å². The van der Waals surface area contributed by atoms with Gasteiger partial charge in [0.15, 0.2) is 0 Å². The molecule has 0 radical (unpaired) electrons. The molecule has 2 saturated heterocycles. The molecular formula is C12H24O4. The topological polar surface area (TPSA) is 70.2 Å². The van der Waals surface area contributed by atoms with E-state index in [-0.39, 0.29) is 25.2 Å². The Morgan fingerprint density at radius 2 is 2.19 bits per heavy atom. The number of hydrogen-bond donors (Lipinski definition) is 1. The summed E-state index contributed by atoms with van der Waals surface area (Å²) in [7, 11) is 0. The van der Waals surface area contributed by atoms with Crippen LogP contribution in [0.5, 0.6) is 0 Å². The Labute approximate surface area is 97.7 Å². The van der Waals surface area contributed by atoms with Crippen molar-refractivity contribution in [1.82, 2.24) is 0 Å². The van der Waals surface area contributed by atoms with Crippen molar-refractivity contribution in [3.63, 3.8) is 0 Å². The Morgan fingerprint density at radius 1 is 1.31 bits per heavy atom. The Hall–Kier alpha value is -0.160. The molecule has 0 amide bonds. The largest absolute Gasteiger partial charge is 0.412 e. The first-order valence-electron chi connectivity index (χ1n) is 6.26. The smallest absolute Gasteiger partial charge is 0.0971 e. The van der Waals surface area contributed by atoms with Gasteiger partial charge in [0.2, 0.25) is 0 Å². The third-order valence-corrected chi connectivity index (χ3v) is 4.25. The number of ether oxygens (including phenoxy) is 2. The van der Waals surface area contributed by atoms with Crippen LogP contribution in [0.15, 0.2) is 0 Å². The van der Waals surface area contributed by atoms with E-state index in [9.17, 15) is 0 Å². The van der Waals surface area contributed by atoms with Gasteiger partial charge in [0.1, 0.15) is 0 Å². The van der Waals surface area contributed by atoms with Crippen molar-refractivity contribution in [3.8, 4) is 0 Å². The molecule has 3 N–H and O–H groups in total. The monoisotopic (exact) mass is 232 g/mol. The summed E-state index contributed by atoms with van der Waals surface area (Å²) in [4.78, 5) is 0. The minimum Gasteiger partial charge on any atom is -0.412 e. The van der Waals surface area contributed by atoms with Gasteiger partial charge in [-0.05, 0) is 38.5 Å². The summed E-state index contributed by atoms with van der Waals surface area (Å²) < 4.78 is 12.2. The zero-order chi connectivity index (χ0) is 10.3. The molecule has 2 bridgehead atoms. The highest BCUT2D eigenvalue weighted by atomic mass is 16.6. The molecule has 1 saturated carbocycles. The number of aliphatic hydroxyl groups is 1. The molecule has 3 fully saturated rings. The molecular weight excluding hydrogens is 208 g/mol. The lowest BCUT2D eigenvalue weighted by molar-refractivity contribution is -0.168. The second-order valence-corrected chi connectivity index (χ2v) is 5.24. The Balaban J connectivity index is 0.000000722. The second kappa shape index (κ2) is 4.61. The highest BCUT2D eigenvalue weighted by Crippen LogP contribution is 2.49. The van der Waals surface area contributed by atoms with Gasteiger partial charge in [-0.2, -0.15) is 0 Å². The van der Waals surface area contributed by atoms with E-state index in [1.807, 2.05) is 0 Å². The molecule has 4 nitrogen and oxygen atoms in total. The van der Waals surface area contributed by atoms with Crippen LogP contribution in [0.2, 0.25) is 0 Å². The molecule has 4 heteroatoms. The average molecular weight is 232 g/mol. The Morgan fingerprint density at radius 3 is 3.00 bits per heavy atom. The predicted molar refractivity (Wildman–Crippen MR) is 61.4 cm³/mol. The van der Waals surface area contributed by atoms with E-state index in [0.29, 0.717) is 12.2 Å². The lowest BCUT2D eigenvalue weighted by atomic mass is 9.78. The van der Waals surface area contributed by atoms with Crippen LogP contribution in [0.25, 0.3) is 0 Å². The number of fused-ring (bicyclic) bond motifs is 1. The van der Waals surface area contributed by atoms with Crippen molar-refractivity contribution < 1.29 is 21.5 Å². The summed E-state index contributed by atoms with van der Waals surface area (Å²) in [5.74, 6) is 0. The molecule has 1 spiro atoms. The van der Waals surface area contributed by atoms with Crippen LogP contribution >= 0.6 is 0 Å². The van der Waals surface area contributed by atoms with Crippen molar-refractivity contribution in [2.24, 2.45) is 0 Å². The summed E-state index contributed by atoms with van der Waals surface area (Å²) in [6, 6.07) is 0. The van der Waals surface area contributed by atoms with E-state index >= 15 is 0 Å². The van der Waals surface area contributed by atoms with Crippen LogP contribution in [-0.2, 0) is 9.47 Å².